The number of nitrogens with two attached hydrogens (primary N) is 1. The van der Waals surface area contributed by atoms with Gasteiger partial charge in [-0.25, -0.2) is 41.8 Å². The molecule has 9 nitrogen and oxygen atoms in total. The lowest BCUT2D eigenvalue weighted by atomic mass is 9.96. The quantitative estimate of drug-likeness (QED) is 0.217. The minimum Gasteiger partial charge on any atom is -0.476 e. The third kappa shape index (κ3) is 5.62. The van der Waals surface area contributed by atoms with E-state index in [1.807, 2.05) is 6.92 Å². The SMILES string of the molecule is Cc1ncc(-c2cc(-c3nn(-c4nc(C(=O)O)cs4)c(CC4CC4)c3Cc3ccc(S(N)(=O)=O)c(F)c3)ccc2F)s1. The van der Waals surface area contributed by atoms with Gasteiger partial charge in [0.05, 0.1) is 21.3 Å². The zero-order valence-electron chi connectivity index (χ0n) is 22.0. The molecule has 1 aliphatic rings. The smallest absolute Gasteiger partial charge is 0.355 e. The predicted octanol–water partition coefficient (Wildman–Crippen LogP) is 5.59. The van der Waals surface area contributed by atoms with E-state index in [2.05, 4.69) is 9.97 Å². The number of halogens is 2. The van der Waals surface area contributed by atoms with Gasteiger partial charge in [-0.15, -0.1) is 22.7 Å². The molecule has 14 heteroatoms. The van der Waals surface area contributed by atoms with Crippen LogP contribution in [0.15, 0.2) is 52.9 Å². The summed E-state index contributed by atoms with van der Waals surface area (Å²) in [6.45, 7) is 1.83. The topological polar surface area (TPSA) is 141 Å². The maximum atomic E-state index is 15.0. The van der Waals surface area contributed by atoms with Gasteiger partial charge < -0.3 is 5.11 Å². The van der Waals surface area contributed by atoms with Crippen molar-refractivity contribution in [2.75, 3.05) is 0 Å². The second kappa shape index (κ2) is 10.8. The summed E-state index contributed by atoms with van der Waals surface area (Å²) in [4.78, 5) is 20.1. The number of aryl methyl sites for hydroxylation is 1. The van der Waals surface area contributed by atoms with Crippen molar-refractivity contribution in [1.29, 1.82) is 0 Å². The molecule has 3 aromatic heterocycles. The summed E-state index contributed by atoms with van der Waals surface area (Å²) in [5, 5.41) is 22.1. The van der Waals surface area contributed by atoms with E-state index < -0.39 is 32.5 Å². The van der Waals surface area contributed by atoms with Crippen molar-refractivity contribution in [2.45, 2.75) is 37.5 Å². The molecule has 6 rings (SSSR count). The maximum absolute atomic E-state index is 15.0. The number of nitrogens with zero attached hydrogens (tertiary/aromatic N) is 4. The number of aromatic carboxylic acids is 1. The first-order valence-corrected chi connectivity index (χ1v) is 16.1. The predicted molar refractivity (Wildman–Crippen MR) is 154 cm³/mol. The van der Waals surface area contributed by atoms with Crippen molar-refractivity contribution in [3.8, 4) is 26.8 Å². The van der Waals surface area contributed by atoms with Gasteiger partial charge in [0.1, 0.15) is 16.5 Å². The Morgan fingerprint density at radius 3 is 2.57 bits per heavy atom. The van der Waals surface area contributed by atoms with Crippen LogP contribution < -0.4 is 5.14 Å². The highest BCUT2D eigenvalue weighted by Crippen LogP contribution is 2.39. The van der Waals surface area contributed by atoms with Gasteiger partial charge in [0.25, 0.3) is 0 Å². The molecule has 3 N–H and O–H groups in total. The zero-order chi connectivity index (χ0) is 29.8. The van der Waals surface area contributed by atoms with E-state index >= 15 is 4.39 Å². The number of carbonyl (C=O) groups is 1. The van der Waals surface area contributed by atoms with Gasteiger partial charge in [-0.1, -0.05) is 6.07 Å². The van der Waals surface area contributed by atoms with E-state index in [9.17, 15) is 22.7 Å². The molecule has 0 radical (unpaired) electrons. The Hall–Kier alpha value is -3.85. The van der Waals surface area contributed by atoms with Crippen molar-refractivity contribution in [3.63, 3.8) is 0 Å². The molecule has 1 aliphatic carbocycles. The van der Waals surface area contributed by atoms with Crippen LogP contribution in [-0.4, -0.2) is 39.2 Å². The average Bonchev–Trinajstić information content (AvgIpc) is 3.27. The molecule has 216 valence electrons. The Bertz CT molecular complexity index is 1960. The van der Waals surface area contributed by atoms with E-state index in [4.69, 9.17) is 10.2 Å². The Balaban J connectivity index is 1.54. The maximum Gasteiger partial charge on any atom is 0.355 e. The van der Waals surface area contributed by atoms with Crippen molar-refractivity contribution in [3.05, 3.63) is 87.1 Å². The molecule has 0 aliphatic heterocycles. The first-order valence-electron chi connectivity index (χ1n) is 12.8. The standard InChI is InChI=1S/C28H23F2N5O4S3/c1-14-32-12-24(41-14)18-11-17(5-6-20(18)29)26-19(8-16-4-7-25(21(30)9-16)42(31,38)39)23(10-15-2-3-15)35(34-26)28-33-22(13-40-28)27(36)37/h4-7,9,11-13,15H,2-3,8,10H2,1H3,(H,36,37)(H2,31,38,39). The van der Waals surface area contributed by atoms with Crippen molar-refractivity contribution < 1.29 is 27.1 Å². The number of primary sulfonamides is 1. The zero-order valence-corrected chi connectivity index (χ0v) is 24.5. The fourth-order valence-corrected chi connectivity index (χ4v) is 6.92. The van der Waals surface area contributed by atoms with Gasteiger partial charge in [0, 0.05) is 34.7 Å². The number of carboxylic acids is 1. The van der Waals surface area contributed by atoms with Crippen LogP contribution in [0, 0.1) is 24.5 Å². The van der Waals surface area contributed by atoms with E-state index in [1.165, 1.54) is 28.8 Å². The summed E-state index contributed by atoms with van der Waals surface area (Å²) in [5.41, 5.74) is 3.30. The van der Waals surface area contributed by atoms with Crippen molar-refractivity contribution >= 4 is 38.7 Å². The minimum absolute atomic E-state index is 0.115. The highest BCUT2D eigenvalue weighted by Gasteiger charge is 2.30. The van der Waals surface area contributed by atoms with Gasteiger partial charge in [0.2, 0.25) is 15.2 Å². The molecule has 1 saturated carbocycles. The summed E-state index contributed by atoms with van der Waals surface area (Å²) in [6.07, 6.45) is 4.43. The Morgan fingerprint density at radius 2 is 1.95 bits per heavy atom. The van der Waals surface area contributed by atoms with Gasteiger partial charge in [-0.05, 0) is 68.0 Å². The van der Waals surface area contributed by atoms with Crippen LogP contribution in [0.1, 0.15) is 45.2 Å². The molecule has 0 amide bonds. The minimum atomic E-state index is -4.25. The molecule has 2 aromatic carbocycles. The Kier molecular flexibility index (Phi) is 7.25. The third-order valence-electron chi connectivity index (χ3n) is 6.97. The summed E-state index contributed by atoms with van der Waals surface area (Å²) >= 11 is 2.49. The fraction of sp³-hybridized carbons (Fsp3) is 0.214. The number of thiazole rings is 2. The second-order valence-corrected chi connectivity index (χ2v) is 13.7. The highest BCUT2D eigenvalue weighted by atomic mass is 32.2. The molecular weight excluding hydrogens is 605 g/mol. The van der Waals surface area contributed by atoms with Crippen LogP contribution in [0.3, 0.4) is 0 Å². The number of sulfonamides is 1. The lowest BCUT2D eigenvalue weighted by molar-refractivity contribution is 0.0691. The molecular formula is C28H23F2N5O4S3. The fourth-order valence-electron chi connectivity index (χ4n) is 4.76. The van der Waals surface area contributed by atoms with E-state index in [-0.39, 0.29) is 12.1 Å². The lowest BCUT2D eigenvalue weighted by Crippen LogP contribution is -2.14. The van der Waals surface area contributed by atoms with E-state index in [0.29, 0.717) is 44.7 Å². The van der Waals surface area contributed by atoms with E-state index in [1.54, 1.807) is 23.0 Å². The van der Waals surface area contributed by atoms with Gasteiger partial charge in [-0.2, -0.15) is 5.10 Å². The molecule has 0 unspecified atom stereocenters. The summed E-state index contributed by atoms with van der Waals surface area (Å²) < 4.78 is 55.0. The number of aromatic nitrogens is 4. The summed E-state index contributed by atoms with van der Waals surface area (Å²) in [7, 11) is -4.25. The van der Waals surface area contributed by atoms with Gasteiger partial charge in [-0.3, -0.25) is 0 Å². The Morgan fingerprint density at radius 1 is 1.17 bits per heavy atom. The van der Waals surface area contributed by atoms with Gasteiger partial charge in [0.15, 0.2) is 5.69 Å². The van der Waals surface area contributed by atoms with Crippen LogP contribution >= 0.6 is 22.7 Å². The van der Waals surface area contributed by atoms with E-state index in [0.717, 1.165) is 52.6 Å². The number of rotatable bonds is 9. The van der Waals surface area contributed by atoms with Crippen molar-refractivity contribution in [2.24, 2.45) is 11.1 Å². The largest absolute Gasteiger partial charge is 0.476 e. The van der Waals surface area contributed by atoms with Crippen LogP contribution in [-0.2, 0) is 22.9 Å². The lowest BCUT2D eigenvalue weighted by Gasteiger charge is -2.10. The summed E-state index contributed by atoms with van der Waals surface area (Å²) in [6, 6.07) is 8.41. The number of hydrogen-bond donors (Lipinski definition) is 2. The molecule has 0 spiro atoms. The molecule has 0 atom stereocenters. The van der Waals surface area contributed by atoms with Crippen LogP contribution in [0.4, 0.5) is 8.78 Å². The number of benzene rings is 2. The molecule has 0 saturated heterocycles. The Labute approximate surface area is 247 Å². The molecule has 0 bridgehead atoms. The molecule has 3 heterocycles. The van der Waals surface area contributed by atoms with Crippen molar-refractivity contribution in [1.82, 2.24) is 19.7 Å². The van der Waals surface area contributed by atoms with Crippen LogP contribution in [0.2, 0.25) is 0 Å². The van der Waals surface area contributed by atoms with Crippen LogP contribution in [0.25, 0.3) is 26.8 Å². The normalized spacial score (nSPS) is 13.5. The third-order valence-corrected chi connectivity index (χ3v) is 9.68. The molecule has 42 heavy (non-hydrogen) atoms. The monoisotopic (exact) mass is 627 g/mol. The van der Waals surface area contributed by atoms with Crippen LogP contribution in [0.5, 0.6) is 0 Å². The first kappa shape index (κ1) is 28.3. The number of carboxylic acid groups (broad SMARTS) is 1. The van der Waals surface area contributed by atoms with Gasteiger partial charge >= 0.3 is 5.97 Å². The number of hydrogen-bond acceptors (Lipinski definition) is 8. The molecule has 1 fully saturated rings. The first-order chi connectivity index (χ1) is 20.0. The average molecular weight is 628 g/mol. The second-order valence-electron chi connectivity index (χ2n) is 10.1. The summed E-state index contributed by atoms with van der Waals surface area (Å²) in [5.74, 6) is -2.17. The highest BCUT2D eigenvalue weighted by molar-refractivity contribution is 7.89. The molecule has 5 aromatic rings.